The maximum absolute atomic E-state index is 4.61. The Labute approximate surface area is 141 Å². The Morgan fingerprint density at radius 3 is 2.96 bits per heavy atom. The molecule has 0 amide bonds. The van der Waals surface area contributed by atoms with Crippen LogP contribution in [0.2, 0.25) is 0 Å². The van der Waals surface area contributed by atoms with Crippen molar-refractivity contribution in [3.63, 3.8) is 0 Å². The Hall–Kier alpha value is -2.82. The second-order valence-corrected chi connectivity index (χ2v) is 6.12. The molecule has 0 radical (unpaired) electrons. The van der Waals surface area contributed by atoms with Crippen LogP contribution in [0.25, 0.3) is 11.4 Å². The molecule has 0 aliphatic heterocycles. The lowest BCUT2D eigenvalue weighted by Gasteiger charge is -2.09. The molecule has 0 aromatic carbocycles. The molecule has 120 valence electrons. The van der Waals surface area contributed by atoms with Crippen molar-refractivity contribution < 1.29 is 0 Å². The molecule has 0 unspecified atom stereocenters. The number of rotatable bonds is 4. The lowest BCUT2D eigenvalue weighted by Crippen LogP contribution is -2.05. The van der Waals surface area contributed by atoms with Gasteiger partial charge in [-0.25, -0.2) is 9.97 Å². The zero-order chi connectivity index (χ0) is 16.4. The minimum absolute atomic E-state index is 0.692. The van der Waals surface area contributed by atoms with Crippen molar-refractivity contribution in [1.29, 1.82) is 0 Å². The molecule has 0 saturated heterocycles. The molecule has 5 nitrogen and oxygen atoms in total. The topological polar surface area (TPSA) is 63.6 Å². The summed E-state index contributed by atoms with van der Waals surface area (Å²) < 4.78 is 0. The highest BCUT2D eigenvalue weighted by Crippen LogP contribution is 2.21. The van der Waals surface area contributed by atoms with E-state index in [0.717, 1.165) is 29.9 Å². The molecule has 3 heterocycles. The van der Waals surface area contributed by atoms with E-state index in [4.69, 9.17) is 0 Å². The van der Waals surface area contributed by atoms with E-state index < -0.39 is 0 Å². The van der Waals surface area contributed by atoms with Gasteiger partial charge in [0.15, 0.2) is 5.82 Å². The second kappa shape index (κ2) is 6.35. The third kappa shape index (κ3) is 3.11. The number of nitrogens with zero attached hydrogens (tertiary/aromatic N) is 4. The minimum Gasteiger partial charge on any atom is -0.366 e. The van der Waals surface area contributed by atoms with Gasteiger partial charge in [0, 0.05) is 48.2 Å². The van der Waals surface area contributed by atoms with Crippen LogP contribution in [0, 0.1) is 6.92 Å². The molecule has 3 aromatic rings. The first-order valence-electron chi connectivity index (χ1n) is 8.24. The Kier molecular flexibility index (Phi) is 3.91. The summed E-state index contributed by atoms with van der Waals surface area (Å²) in [5.74, 6) is 1.51. The standard InChI is InChI=1S/C19H19N5/c1-13-8-18(24-19(23-13)16-5-3-7-20-12-16)22-11-14-9-15-4-2-6-17(15)21-10-14/h3,5,7-10,12H,2,4,6,11H2,1H3,(H,22,23,24). The summed E-state index contributed by atoms with van der Waals surface area (Å²) >= 11 is 0. The summed E-state index contributed by atoms with van der Waals surface area (Å²) in [4.78, 5) is 17.8. The SMILES string of the molecule is Cc1cc(NCc2cnc3c(c2)CCC3)nc(-c2cccnc2)n1. The van der Waals surface area contributed by atoms with Crippen LogP contribution in [-0.2, 0) is 19.4 Å². The van der Waals surface area contributed by atoms with Gasteiger partial charge in [-0.3, -0.25) is 9.97 Å². The molecule has 0 saturated carbocycles. The van der Waals surface area contributed by atoms with Gasteiger partial charge in [-0.2, -0.15) is 0 Å². The summed E-state index contributed by atoms with van der Waals surface area (Å²) in [5.41, 5.74) is 5.69. The lowest BCUT2D eigenvalue weighted by atomic mass is 10.1. The number of aromatic nitrogens is 4. The van der Waals surface area contributed by atoms with Crippen molar-refractivity contribution in [3.05, 3.63) is 65.4 Å². The molecule has 0 bridgehead atoms. The molecule has 1 aliphatic rings. The van der Waals surface area contributed by atoms with Crippen molar-refractivity contribution in [2.24, 2.45) is 0 Å². The van der Waals surface area contributed by atoms with E-state index in [1.807, 2.05) is 31.3 Å². The van der Waals surface area contributed by atoms with Gasteiger partial charge in [-0.15, -0.1) is 0 Å². The Morgan fingerprint density at radius 1 is 1.12 bits per heavy atom. The van der Waals surface area contributed by atoms with Crippen molar-refractivity contribution in [3.8, 4) is 11.4 Å². The zero-order valence-corrected chi connectivity index (χ0v) is 13.7. The Balaban J connectivity index is 1.53. The van der Waals surface area contributed by atoms with Crippen molar-refractivity contribution in [2.45, 2.75) is 32.7 Å². The lowest BCUT2D eigenvalue weighted by molar-refractivity contribution is 0.899. The summed E-state index contributed by atoms with van der Waals surface area (Å²) in [6.07, 6.45) is 8.98. The second-order valence-electron chi connectivity index (χ2n) is 6.12. The first-order valence-corrected chi connectivity index (χ1v) is 8.24. The minimum atomic E-state index is 0.692. The third-order valence-corrected chi connectivity index (χ3v) is 4.22. The highest BCUT2D eigenvalue weighted by atomic mass is 15.0. The largest absolute Gasteiger partial charge is 0.366 e. The van der Waals surface area contributed by atoms with Crippen LogP contribution < -0.4 is 5.32 Å². The Morgan fingerprint density at radius 2 is 2.08 bits per heavy atom. The molecule has 5 heteroatoms. The number of hydrogen-bond acceptors (Lipinski definition) is 5. The predicted molar refractivity (Wildman–Crippen MR) is 93.6 cm³/mol. The van der Waals surface area contributed by atoms with Gasteiger partial charge < -0.3 is 5.32 Å². The molecule has 0 spiro atoms. The smallest absolute Gasteiger partial charge is 0.163 e. The van der Waals surface area contributed by atoms with Gasteiger partial charge in [0.2, 0.25) is 0 Å². The molecule has 24 heavy (non-hydrogen) atoms. The average Bonchev–Trinajstić information content (AvgIpc) is 3.08. The summed E-state index contributed by atoms with van der Waals surface area (Å²) in [6.45, 7) is 2.69. The quantitative estimate of drug-likeness (QED) is 0.799. The van der Waals surface area contributed by atoms with Crippen LogP contribution in [0.1, 0.15) is 28.9 Å². The van der Waals surface area contributed by atoms with Crippen LogP contribution in [0.3, 0.4) is 0 Å². The van der Waals surface area contributed by atoms with E-state index in [0.29, 0.717) is 12.4 Å². The summed E-state index contributed by atoms with van der Waals surface area (Å²) in [5, 5.41) is 3.39. The molecule has 0 atom stereocenters. The van der Waals surface area contributed by atoms with E-state index in [-0.39, 0.29) is 0 Å². The van der Waals surface area contributed by atoms with Crippen molar-refractivity contribution in [2.75, 3.05) is 5.32 Å². The van der Waals surface area contributed by atoms with Crippen LogP contribution in [0.4, 0.5) is 5.82 Å². The molecule has 4 rings (SSSR count). The number of hydrogen-bond donors (Lipinski definition) is 1. The fraction of sp³-hybridized carbons (Fsp3) is 0.263. The predicted octanol–water partition coefficient (Wildman–Crippen LogP) is 3.34. The summed E-state index contributed by atoms with van der Waals surface area (Å²) in [6, 6.07) is 8.08. The third-order valence-electron chi connectivity index (χ3n) is 4.22. The van der Waals surface area contributed by atoms with Crippen LogP contribution in [-0.4, -0.2) is 19.9 Å². The number of anilines is 1. The van der Waals surface area contributed by atoms with Gasteiger partial charge in [0.05, 0.1) is 0 Å². The number of nitrogens with one attached hydrogen (secondary N) is 1. The highest BCUT2D eigenvalue weighted by molar-refractivity contribution is 5.56. The zero-order valence-electron chi connectivity index (χ0n) is 13.7. The molecule has 1 aliphatic carbocycles. The van der Waals surface area contributed by atoms with Gasteiger partial charge in [0.25, 0.3) is 0 Å². The highest BCUT2D eigenvalue weighted by Gasteiger charge is 2.12. The number of pyridine rings is 2. The number of fused-ring (bicyclic) bond motifs is 1. The van der Waals surface area contributed by atoms with E-state index in [1.165, 1.54) is 23.2 Å². The van der Waals surface area contributed by atoms with Gasteiger partial charge >= 0.3 is 0 Å². The van der Waals surface area contributed by atoms with Gasteiger partial charge in [-0.1, -0.05) is 6.07 Å². The van der Waals surface area contributed by atoms with Crippen molar-refractivity contribution in [1.82, 2.24) is 19.9 Å². The van der Waals surface area contributed by atoms with E-state index >= 15 is 0 Å². The van der Waals surface area contributed by atoms with Crippen LogP contribution in [0.5, 0.6) is 0 Å². The first-order chi connectivity index (χ1) is 11.8. The van der Waals surface area contributed by atoms with E-state index in [9.17, 15) is 0 Å². The van der Waals surface area contributed by atoms with Crippen LogP contribution >= 0.6 is 0 Å². The Bertz CT molecular complexity index is 861. The molecule has 0 fully saturated rings. The van der Waals surface area contributed by atoms with E-state index in [1.54, 1.807) is 12.4 Å². The summed E-state index contributed by atoms with van der Waals surface area (Å²) in [7, 11) is 0. The molecular formula is C19H19N5. The fourth-order valence-electron chi connectivity index (χ4n) is 3.05. The van der Waals surface area contributed by atoms with Gasteiger partial charge in [-0.05, 0) is 49.4 Å². The van der Waals surface area contributed by atoms with E-state index in [2.05, 4.69) is 31.3 Å². The maximum atomic E-state index is 4.61. The van der Waals surface area contributed by atoms with Crippen LogP contribution in [0.15, 0.2) is 42.9 Å². The molecule has 3 aromatic heterocycles. The average molecular weight is 317 g/mol. The maximum Gasteiger partial charge on any atom is 0.163 e. The van der Waals surface area contributed by atoms with Gasteiger partial charge in [0.1, 0.15) is 5.82 Å². The van der Waals surface area contributed by atoms with Crippen molar-refractivity contribution >= 4 is 5.82 Å². The monoisotopic (exact) mass is 317 g/mol. The fourth-order valence-corrected chi connectivity index (χ4v) is 3.05. The normalized spacial score (nSPS) is 12.9. The number of aryl methyl sites for hydroxylation is 3. The molecule has 1 N–H and O–H groups in total. The molecular weight excluding hydrogens is 298 g/mol. The first kappa shape index (κ1) is 14.8.